The number of carbonyl (C=O) groups is 2. The van der Waals surface area contributed by atoms with Gasteiger partial charge in [-0.25, -0.2) is 13.2 Å². The summed E-state index contributed by atoms with van der Waals surface area (Å²) < 4.78 is 38.2. The van der Waals surface area contributed by atoms with Crippen molar-refractivity contribution in [1.29, 1.82) is 0 Å². The molecule has 0 radical (unpaired) electrons. The lowest BCUT2D eigenvalue weighted by molar-refractivity contribution is 0.0318. The lowest BCUT2D eigenvalue weighted by atomic mass is 9.94. The molecule has 1 saturated heterocycles. The van der Waals surface area contributed by atoms with Crippen LogP contribution < -0.4 is 4.74 Å². The molecule has 3 atom stereocenters. The van der Waals surface area contributed by atoms with Gasteiger partial charge in [0.1, 0.15) is 5.75 Å². The largest absolute Gasteiger partial charge is 0.494 e. The molecule has 0 aromatic heterocycles. The summed E-state index contributed by atoms with van der Waals surface area (Å²) in [6.45, 7) is 8.98. The van der Waals surface area contributed by atoms with Gasteiger partial charge < -0.3 is 9.47 Å². The molecule has 178 valence electrons. The van der Waals surface area contributed by atoms with Crippen LogP contribution in [-0.4, -0.2) is 50.3 Å². The second kappa shape index (κ2) is 10.5. The molecule has 1 aliphatic rings. The molecular formula is C25H31NO6S. The number of benzene rings is 2. The van der Waals surface area contributed by atoms with Crippen LogP contribution in [0.4, 0.5) is 0 Å². The van der Waals surface area contributed by atoms with E-state index in [2.05, 4.69) is 0 Å². The Morgan fingerprint density at radius 1 is 0.970 bits per heavy atom. The number of hydrogen-bond donors (Lipinski definition) is 0. The smallest absolute Gasteiger partial charge is 0.338 e. The molecule has 1 fully saturated rings. The molecule has 1 heterocycles. The SMILES string of the molecule is CCOc1ccc(C(=O)[C@H](C)OC(=O)c2ccc(S(=O)(=O)N3C[C@H](C)C[C@@H](C)C3)cc2)cc1. The third-order valence-electron chi connectivity index (χ3n) is 5.67. The molecule has 0 bridgehead atoms. The van der Waals surface area contributed by atoms with E-state index in [4.69, 9.17) is 9.47 Å². The number of carbonyl (C=O) groups excluding carboxylic acids is 2. The highest BCUT2D eigenvalue weighted by atomic mass is 32.2. The van der Waals surface area contributed by atoms with Crippen molar-refractivity contribution < 1.29 is 27.5 Å². The summed E-state index contributed by atoms with van der Waals surface area (Å²) in [6.07, 6.45) is 0.0138. The fourth-order valence-corrected chi connectivity index (χ4v) is 5.79. The molecule has 33 heavy (non-hydrogen) atoms. The van der Waals surface area contributed by atoms with Crippen molar-refractivity contribution in [3.8, 4) is 5.75 Å². The van der Waals surface area contributed by atoms with Crippen LogP contribution in [0.25, 0.3) is 0 Å². The van der Waals surface area contributed by atoms with Crippen molar-refractivity contribution >= 4 is 21.8 Å². The number of piperidine rings is 1. The standard InChI is InChI=1S/C25H31NO6S/c1-5-31-22-10-6-20(7-11-22)24(27)19(4)32-25(28)21-8-12-23(13-9-21)33(29,30)26-15-17(2)14-18(3)16-26/h6-13,17-19H,5,14-16H2,1-4H3/t17-,18-,19+/m1/s1. The minimum absolute atomic E-state index is 0.138. The van der Waals surface area contributed by atoms with Crippen molar-refractivity contribution in [1.82, 2.24) is 4.31 Å². The van der Waals surface area contributed by atoms with Crippen LogP contribution in [0.5, 0.6) is 5.75 Å². The Morgan fingerprint density at radius 3 is 2.06 bits per heavy atom. The summed E-state index contributed by atoms with van der Waals surface area (Å²) in [5.41, 5.74) is 0.589. The van der Waals surface area contributed by atoms with Gasteiger partial charge in [-0.2, -0.15) is 4.31 Å². The number of Topliss-reactive ketones (excluding diaryl/α,β-unsaturated/α-hetero) is 1. The third-order valence-corrected chi connectivity index (χ3v) is 7.51. The summed E-state index contributed by atoms with van der Waals surface area (Å²) >= 11 is 0. The predicted octanol–water partition coefficient (Wildman–Crippen LogP) is 4.18. The fourth-order valence-electron chi connectivity index (χ4n) is 4.11. The number of hydrogen-bond acceptors (Lipinski definition) is 6. The molecule has 2 aromatic rings. The van der Waals surface area contributed by atoms with Crippen molar-refractivity contribution in [3.63, 3.8) is 0 Å². The second-order valence-corrected chi connectivity index (χ2v) is 10.6. The molecule has 2 aromatic carbocycles. The maximum absolute atomic E-state index is 13.0. The normalized spacial score (nSPS) is 20.1. The van der Waals surface area contributed by atoms with E-state index in [9.17, 15) is 18.0 Å². The lowest BCUT2D eigenvalue weighted by Gasteiger charge is -2.34. The zero-order valence-corrected chi connectivity index (χ0v) is 20.3. The van der Waals surface area contributed by atoms with Gasteiger partial charge in [0.15, 0.2) is 6.10 Å². The van der Waals surface area contributed by atoms with Gasteiger partial charge >= 0.3 is 5.97 Å². The first kappa shape index (κ1) is 24.9. The third kappa shape index (κ3) is 6.00. The van der Waals surface area contributed by atoms with Crippen LogP contribution in [-0.2, 0) is 14.8 Å². The number of ether oxygens (including phenoxy) is 2. The highest BCUT2D eigenvalue weighted by molar-refractivity contribution is 7.89. The number of esters is 1. The van der Waals surface area contributed by atoms with E-state index in [1.165, 1.54) is 35.5 Å². The van der Waals surface area contributed by atoms with Crippen molar-refractivity contribution in [2.24, 2.45) is 11.8 Å². The molecule has 0 unspecified atom stereocenters. The molecule has 0 N–H and O–H groups in total. The second-order valence-electron chi connectivity index (χ2n) is 8.66. The van der Waals surface area contributed by atoms with Crippen LogP contribution in [0, 0.1) is 11.8 Å². The highest BCUT2D eigenvalue weighted by Gasteiger charge is 2.31. The zero-order chi connectivity index (χ0) is 24.2. The van der Waals surface area contributed by atoms with E-state index in [0.717, 1.165) is 6.42 Å². The molecule has 8 heteroatoms. The van der Waals surface area contributed by atoms with Gasteiger partial charge in [0, 0.05) is 18.7 Å². The first-order valence-corrected chi connectivity index (χ1v) is 12.6. The average molecular weight is 474 g/mol. The summed E-state index contributed by atoms with van der Waals surface area (Å²) in [4.78, 5) is 25.3. The highest BCUT2D eigenvalue weighted by Crippen LogP contribution is 2.27. The Balaban J connectivity index is 1.65. The first-order chi connectivity index (χ1) is 15.6. The molecule has 1 aliphatic heterocycles. The molecule has 7 nitrogen and oxygen atoms in total. The van der Waals surface area contributed by atoms with E-state index in [-0.39, 0.29) is 16.2 Å². The van der Waals surface area contributed by atoms with E-state index in [1.807, 2.05) is 20.8 Å². The van der Waals surface area contributed by atoms with Gasteiger partial charge in [-0.1, -0.05) is 13.8 Å². The summed E-state index contributed by atoms with van der Waals surface area (Å²) in [7, 11) is -3.63. The van der Waals surface area contributed by atoms with Crippen LogP contribution in [0.15, 0.2) is 53.4 Å². The minimum atomic E-state index is -3.63. The van der Waals surface area contributed by atoms with Crippen molar-refractivity contribution in [3.05, 3.63) is 59.7 Å². The molecular weight excluding hydrogens is 442 g/mol. The van der Waals surface area contributed by atoms with Crippen LogP contribution in [0.3, 0.4) is 0 Å². The molecule has 0 saturated carbocycles. The Labute approximate surface area is 195 Å². The number of sulfonamides is 1. The molecule has 0 aliphatic carbocycles. The van der Waals surface area contributed by atoms with Gasteiger partial charge in [0.25, 0.3) is 0 Å². The van der Waals surface area contributed by atoms with Crippen molar-refractivity contribution in [2.45, 2.75) is 45.1 Å². The number of ketones is 1. The van der Waals surface area contributed by atoms with Crippen LogP contribution in [0.2, 0.25) is 0 Å². The average Bonchev–Trinajstić information content (AvgIpc) is 2.78. The zero-order valence-electron chi connectivity index (χ0n) is 19.5. The maximum atomic E-state index is 13.0. The quantitative estimate of drug-likeness (QED) is 0.422. The summed E-state index contributed by atoms with van der Waals surface area (Å²) in [5, 5.41) is 0. The van der Waals surface area contributed by atoms with Crippen LogP contribution >= 0.6 is 0 Å². The lowest BCUT2D eigenvalue weighted by Crippen LogP contribution is -2.42. The van der Waals surface area contributed by atoms with E-state index in [1.54, 1.807) is 24.3 Å². The van der Waals surface area contributed by atoms with Gasteiger partial charge in [-0.15, -0.1) is 0 Å². The first-order valence-electron chi connectivity index (χ1n) is 11.2. The van der Waals surface area contributed by atoms with E-state index in [0.29, 0.717) is 42.8 Å². The Bertz CT molecular complexity index is 1070. The molecule has 3 rings (SSSR count). The van der Waals surface area contributed by atoms with Crippen LogP contribution in [0.1, 0.15) is 54.8 Å². The molecule has 0 amide bonds. The van der Waals surface area contributed by atoms with E-state index >= 15 is 0 Å². The maximum Gasteiger partial charge on any atom is 0.338 e. The van der Waals surface area contributed by atoms with Gasteiger partial charge in [-0.3, -0.25) is 4.79 Å². The number of rotatable bonds is 8. The van der Waals surface area contributed by atoms with Gasteiger partial charge in [0.2, 0.25) is 15.8 Å². The minimum Gasteiger partial charge on any atom is -0.494 e. The topological polar surface area (TPSA) is 90.0 Å². The fraction of sp³-hybridized carbons (Fsp3) is 0.440. The summed E-state index contributed by atoms with van der Waals surface area (Å²) in [5.74, 6) is 0.228. The predicted molar refractivity (Wildman–Crippen MR) is 125 cm³/mol. The molecule has 0 spiro atoms. The number of nitrogens with zero attached hydrogens (tertiary/aromatic N) is 1. The Kier molecular flexibility index (Phi) is 7.92. The Hall–Kier alpha value is -2.71. The Morgan fingerprint density at radius 2 is 1.52 bits per heavy atom. The monoisotopic (exact) mass is 473 g/mol. The van der Waals surface area contributed by atoms with Gasteiger partial charge in [0.05, 0.1) is 17.1 Å². The van der Waals surface area contributed by atoms with E-state index < -0.39 is 22.1 Å². The van der Waals surface area contributed by atoms with Crippen molar-refractivity contribution in [2.75, 3.05) is 19.7 Å². The van der Waals surface area contributed by atoms with Gasteiger partial charge in [-0.05, 0) is 80.6 Å². The summed E-state index contributed by atoms with van der Waals surface area (Å²) in [6, 6.07) is 12.3.